The summed E-state index contributed by atoms with van der Waals surface area (Å²) in [6.45, 7) is 12.6. The summed E-state index contributed by atoms with van der Waals surface area (Å²) in [4.78, 5) is 2.61. The summed E-state index contributed by atoms with van der Waals surface area (Å²) in [5, 5.41) is 0. The van der Waals surface area contributed by atoms with E-state index < -0.39 is 0 Å². The number of hydrogen-bond acceptors (Lipinski definition) is 2. The lowest BCUT2D eigenvalue weighted by atomic mass is 9.84. The lowest BCUT2D eigenvalue weighted by Gasteiger charge is -2.30. The molecule has 0 aromatic carbocycles. The SMILES string of the molecule is CC1CCCN1CC(CN)CC(C)(C)C. The molecule has 0 radical (unpaired) electrons. The van der Waals surface area contributed by atoms with Crippen LogP contribution in [0.15, 0.2) is 0 Å². The highest BCUT2D eigenvalue weighted by molar-refractivity contribution is 4.80. The number of nitrogens with two attached hydrogens (primary N) is 1. The molecule has 90 valence electrons. The second kappa shape index (κ2) is 5.31. The predicted molar refractivity (Wildman–Crippen MR) is 66.9 cm³/mol. The lowest BCUT2D eigenvalue weighted by Crippen LogP contribution is -2.36. The molecule has 0 saturated carbocycles. The van der Waals surface area contributed by atoms with Crippen LogP contribution < -0.4 is 5.73 Å². The summed E-state index contributed by atoms with van der Waals surface area (Å²) >= 11 is 0. The fraction of sp³-hybridized carbons (Fsp3) is 1.00. The minimum atomic E-state index is 0.410. The first kappa shape index (κ1) is 13.0. The standard InChI is InChI=1S/C13H28N2/c1-11-6-5-7-15(11)10-12(9-14)8-13(2,3)4/h11-12H,5-10,14H2,1-4H3. The van der Waals surface area contributed by atoms with Gasteiger partial charge in [0.15, 0.2) is 0 Å². The Morgan fingerprint density at radius 2 is 2.07 bits per heavy atom. The highest BCUT2D eigenvalue weighted by atomic mass is 15.2. The monoisotopic (exact) mass is 212 g/mol. The van der Waals surface area contributed by atoms with Gasteiger partial charge in [0.1, 0.15) is 0 Å². The molecule has 0 spiro atoms. The van der Waals surface area contributed by atoms with Crippen LogP contribution in [0.4, 0.5) is 0 Å². The van der Waals surface area contributed by atoms with Gasteiger partial charge >= 0.3 is 0 Å². The summed E-state index contributed by atoms with van der Waals surface area (Å²) < 4.78 is 0. The molecular formula is C13H28N2. The van der Waals surface area contributed by atoms with Gasteiger partial charge < -0.3 is 10.6 Å². The quantitative estimate of drug-likeness (QED) is 0.776. The van der Waals surface area contributed by atoms with E-state index >= 15 is 0 Å². The summed E-state index contributed by atoms with van der Waals surface area (Å²) in [5.41, 5.74) is 6.29. The highest BCUT2D eigenvalue weighted by Gasteiger charge is 2.25. The molecule has 1 heterocycles. The van der Waals surface area contributed by atoms with Crippen molar-refractivity contribution in [3.05, 3.63) is 0 Å². The van der Waals surface area contributed by atoms with Crippen molar-refractivity contribution in [1.29, 1.82) is 0 Å². The van der Waals surface area contributed by atoms with Crippen molar-refractivity contribution in [3.63, 3.8) is 0 Å². The Bertz CT molecular complexity index is 183. The van der Waals surface area contributed by atoms with Gasteiger partial charge in [-0.3, -0.25) is 0 Å². The number of likely N-dealkylation sites (tertiary alicyclic amines) is 1. The maximum atomic E-state index is 5.88. The average molecular weight is 212 g/mol. The van der Waals surface area contributed by atoms with E-state index in [-0.39, 0.29) is 0 Å². The molecule has 1 fully saturated rings. The zero-order valence-electron chi connectivity index (χ0n) is 10.9. The van der Waals surface area contributed by atoms with Gasteiger partial charge in [-0.15, -0.1) is 0 Å². The molecule has 15 heavy (non-hydrogen) atoms. The maximum Gasteiger partial charge on any atom is 0.00675 e. The zero-order chi connectivity index (χ0) is 11.5. The minimum Gasteiger partial charge on any atom is -0.330 e. The Morgan fingerprint density at radius 1 is 1.40 bits per heavy atom. The number of hydrogen-bond donors (Lipinski definition) is 1. The van der Waals surface area contributed by atoms with Gasteiger partial charge in [-0.25, -0.2) is 0 Å². The molecule has 0 aliphatic carbocycles. The van der Waals surface area contributed by atoms with E-state index in [0.717, 1.165) is 12.6 Å². The Labute approximate surface area is 95.2 Å². The molecule has 1 saturated heterocycles. The van der Waals surface area contributed by atoms with Crippen LogP contribution in [0.3, 0.4) is 0 Å². The molecule has 2 heteroatoms. The largest absolute Gasteiger partial charge is 0.330 e. The molecule has 1 aliphatic heterocycles. The topological polar surface area (TPSA) is 29.3 Å². The van der Waals surface area contributed by atoms with Crippen molar-refractivity contribution < 1.29 is 0 Å². The molecule has 2 unspecified atom stereocenters. The second-order valence-corrected chi connectivity index (χ2v) is 6.35. The van der Waals surface area contributed by atoms with Crippen LogP contribution in [0.5, 0.6) is 0 Å². The van der Waals surface area contributed by atoms with Crippen LogP contribution in [-0.4, -0.2) is 30.6 Å². The Hall–Kier alpha value is -0.0800. The van der Waals surface area contributed by atoms with E-state index in [9.17, 15) is 0 Å². The normalized spacial score (nSPS) is 25.8. The second-order valence-electron chi connectivity index (χ2n) is 6.35. The van der Waals surface area contributed by atoms with Gasteiger partial charge in [0.05, 0.1) is 0 Å². The predicted octanol–water partition coefficient (Wildman–Crippen LogP) is 2.48. The van der Waals surface area contributed by atoms with Crippen LogP contribution in [-0.2, 0) is 0 Å². The van der Waals surface area contributed by atoms with Crippen molar-refractivity contribution in [1.82, 2.24) is 4.90 Å². The van der Waals surface area contributed by atoms with E-state index in [1.807, 2.05) is 0 Å². The van der Waals surface area contributed by atoms with Crippen LogP contribution in [0.2, 0.25) is 0 Å². The fourth-order valence-corrected chi connectivity index (χ4v) is 2.68. The van der Waals surface area contributed by atoms with Crippen LogP contribution in [0, 0.1) is 11.3 Å². The minimum absolute atomic E-state index is 0.410. The average Bonchev–Trinajstić information content (AvgIpc) is 2.48. The van der Waals surface area contributed by atoms with E-state index in [0.29, 0.717) is 11.3 Å². The van der Waals surface area contributed by atoms with Crippen LogP contribution in [0.25, 0.3) is 0 Å². The summed E-state index contributed by atoms with van der Waals surface area (Å²) in [5.74, 6) is 0.672. The van der Waals surface area contributed by atoms with Gasteiger partial charge in [0, 0.05) is 12.6 Å². The molecule has 2 atom stereocenters. The van der Waals surface area contributed by atoms with Gasteiger partial charge in [-0.05, 0) is 50.6 Å². The Balaban J connectivity index is 2.39. The number of nitrogens with zero attached hydrogens (tertiary/aromatic N) is 1. The van der Waals surface area contributed by atoms with Crippen molar-refractivity contribution in [2.75, 3.05) is 19.6 Å². The summed E-state index contributed by atoms with van der Waals surface area (Å²) in [6, 6.07) is 0.777. The van der Waals surface area contributed by atoms with Crippen molar-refractivity contribution >= 4 is 0 Å². The van der Waals surface area contributed by atoms with Crippen molar-refractivity contribution in [3.8, 4) is 0 Å². The van der Waals surface area contributed by atoms with Gasteiger partial charge in [-0.1, -0.05) is 20.8 Å². The first-order valence-corrected chi connectivity index (χ1v) is 6.36. The first-order valence-electron chi connectivity index (χ1n) is 6.36. The molecule has 1 aliphatic rings. The van der Waals surface area contributed by atoms with Gasteiger partial charge in [0.25, 0.3) is 0 Å². The zero-order valence-corrected chi connectivity index (χ0v) is 10.9. The summed E-state index contributed by atoms with van der Waals surface area (Å²) in [7, 11) is 0. The van der Waals surface area contributed by atoms with E-state index in [1.54, 1.807) is 0 Å². The fourth-order valence-electron chi connectivity index (χ4n) is 2.68. The van der Waals surface area contributed by atoms with Crippen LogP contribution >= 0.6 is 0 Å². The molecule has 0 bridgehead atoms. The molecule has 0 aromatic rings. The third-order valence-corrected chi connectivity index (χ3v) is 3.42. The third-order valence-electron chi connectivity index (χ3n) is 3.42. The first-order chi connectivity index (χ1) is 6.92. The number of rotatable bonds is 4. The lowest BCUT2D eigenvalue weighted by molar-refractivity contribution is 0.190. The van der Waals surface area contributed by atoms with Crippen molar-refractivity contribution in [2.45, 2.75) is 53.0 Å². The van der Waals surface area contributed by atoms with Gasteiger partial charge in [-0.2, -0.15) is 0 Å². The Kier molecular flexibility index (Phi) is 4.60. The highest BCUT2D eigenvalue weighted by Crippen LogP contribution is 2.26. The molecular weight excluding hydrogens is 184 g/mol. The maximum absolute atomic E-state index is 5.88. The molecule has 2 nitrogen and oxygen atoms in total. The molecule has 2 N–H and O–H groups in total. The molecule has 0 amide bonds. The molecule has 1 rings (SSSR count). The van der Waals surface area contributed by atoms with E-state index in [1.165, 1.54) is 32.4 Å². The van der Waals surface area contributed by atoms with Gasteiger partial charge in [0.2, 0.25) is 0 Å². The third kappa shape index (κ3) is 4.52. The van der Waals surface area contributed by atoms with Crippen LogP contribution in [0.1, 0.15) is 47.0 Å². The Morgan fingerprint density at radius 3 is 2.47 bits per heavy atom. The summed E-state index contributed by atoms with van der Waals surface area (Å²) in [6.07, 6.45) is 3.98. The van der Waals surface area contributed by atoms with E-state index in [2.05, 4.69) is 32.6 Å². The van der Waals surface area contributed by atoms with E-state index in [4.69, 9.17) is 5.73 Å². The van der Waals surface area contributed by atoms with Crippen molar-refractivity contribution in [2.24, 2.45) is 17.1 Å². The molecule has 0 aromatic heterocycles. The smallest absolute Gasteiger partial charge is 0.00675 e.